The van der Waals surface area contributed by atoms with Gasteiger partial charge in [-0.1, -0.05) is 26.7 Å². The minimum atomic E-state index is -0.0680. The van der Waals surface area contributed by atoms with Gasteiger partial charge in [-0.15, -0.1) is 0 Å². The number of amides is 1. The average molecular weight is 258 g/mol. The Hall–Kier alpha value is -1.82. The predicted molar refractivity (Wildman–Crippen MR) is 76.8 cm³/mol. The van der Waals surface area contributed by atoms with E-state index >= 15 is 0 Å². The molecule has 1 unspecified atom stereocenters. The van der Waals surface area contributed by atoms with E-state index in [1.54, 1.807) is 24.3 Å². The van der Waals surface area contributed by atoms with Crippen LogP contribution in [0.15, 0.2) is 24.3 Å². The molecule has 0 aliphatic heterocycles. The molecule has 1 N–H and O–H groups in total. The fourth-order valence-electron chi connectivity index (χ4n) is 1.91. The monoisotopic (exact) mass is 258 g/mol. The molecule has 3 nitrogen and oxygen atoms in total. The van der Waals surface area contributed by atoms with E-state index in [2.05, 4.69) is 19.2 Å². The third-order valence-electron chi connectivity index (χ3n) is 3.07. The molecule has 102 valence electrons. The van der Waals surface area contributed by atoms with Crippen LogP contribution in [0, 0.1) is 17.2 Å². The number of nitrogens with zero attached hydrogens (tertiary/aromatic N) is 1. The molecule has 3 heteroatoms. The zero-order valence-electron chi connectivity index (χ0n) is 11.9. The maximum absolute atomic E-state index is 12.0. The Kier molecular flexibility index (Phi) is 6.08. The van der Waals surface area contributed by atoms with Crippen molar-refractivity contribution in [2.75, 3.05) is 0 Å². The van der Waals surface area contributed by atoms with Crippen LogP contribution in [0.25, 0.3) is 0 Å². The summed E-state index contributed by atoms with van der Waals surface area (Å²) in [6.45, 7) is 6.45. The van der Waals surface area contributed by atoms with Crippen molar-refractivity contribution in [3.05, 3.63) is 35.4 Å². The first-order chi connectivity index (χ1) is 9.02. The van der Waals surface area contributed by atoms with Crippen molar-refractivity contribution in [3.63, 3.8) is 0 Å². The second-order valence-corrected chi connectivity index (χ2v) is 5.39. The largest absolute Gasteiger partial charge is 0.350 e. The van der Waals surface area contributed by atoms with Gasteiger partial charge in [-0.3, -0.25) is 4.79 Å². The molecule has 1 rings (SSSR count). The van der Waals surface area contributed by atoms with E-state index in [1.165, 1.54) is 6.42 Å². The lowest BCUT2D eigenvalue weighted by Gasteiger charge is -2.14. The summed E-state index contributed by atoms with van der Waals surface area (Å²) in [7, 11) is 0. The molecule has 0 saturated carbocycles. The second-order valence-electron chi connectivity index (χ2n) is 5.39. The molecule has 0 spiro atoms. The Bertz CT molecular complexity index is 443. The van der Waals surface area contributed by atoms with Gasteiger partial charge >= 0.3 is 0 Å². The number of nitriles is 1. The van der Waals surface area contributed by atoms with Crippen LogP contribution in [0.1, 0.15) is 56.0 Å². The van der Waals surface area contributed by atoms with E-state index in [-0.39, 0.29) is 11.9 Å². The molecule has 1 amide bonds. The van der Waals surface area contributed by atoms with Gasteiger partial charge in [0.25, 0.3) is 5.91 Å². The van der Waals surface area contributed by atoms with Gasteiger partial charge in [0.1, 0.15) is 0 Å². The Morgan fingerprint density at radius 3 is 2.37 bits per heavy atom. The van der Waals surface area contributed by atoms with E-state index in [0.29, 0.717) is 17.0 Å². The normalized spacial score (nSPS) is 11.9. The van der Waals surface area contributed by atoms with Crippen molar-refractivity contribution in [3.8, 4) is 6.07 Å². The number of carbonyl (C=O) groups is 1. The van der Waals surface area contributed by atoms with E-state index in [4.69, 9.17) is 5.26 Å². The van der Waals surface area contributed by atoms with E-state index < -0.39 is 0 Å². The zero-order valence-corrected chi connectivity index (χ0v) is 11.9. The minimum absolute atomic E-state index is 0.0680. The first-order valence-corrected chi connectivity index (χ1v) is 6.84. The minimum Gasteiger partial charge on any atom is -0.350 e. The highest BCUT2D eigenvalue weighted by Gasteiger charge is 2.09. The van der Waals surface area contributed by atoms with E-state index in [1.807, 2.05) is 13.0 Å². The first kappa shape index (κ1) is 15.2. The van der Waals surface area contributed by atoms with Gasteiger partial charge in [-0.05, 0) is 43.5 Å². The number of rotatable bonds is 6. The Labute approximate surface area is 115 Å². The SMILES string of the molecule is CC(C)CCCC(C)NC(=O)c1ccc(C#N)cc1. The van der Waals surface area contributed by atoms with Crippen molar-refractivity contribution in [2.24, 2.45) is 5.92 Å². The second kappa shape index (κ2) is 7.58. The molecule has 1 aromatic carbocycles. The van der Waals surface area contributed by atoms with Gasteiger partial charge in [-0.25, -0.2) is 0 Å². The highest BCUT2D eigenvalue weighted by atomic mass is 16.1. The molecule has 19 heavy (non-hydrogen) atoms. The standard InChI is InChI=1S/C16H22N2O/c1-12(2)5-4-6-13(3)18-16(19)15-9-7-14(11-17)8-10-15/h7-10,12-13H,4-6H2,1-3H3,(H,18,19). The van der Waals surface area contributed by atoms with Gasteiger partial charge in [0, 0.05) is 11.6 Å². The summed E-state index contributed by atoms with van der Waals surface area (Å²) in [5.41, 5.74) is 1.18. The molecule has 0 saturated heterocycles. The summed E-state index contributed by atoms with van der Waals surface area (Å²) in [6, 6.07) is 8.93. The number of benzene rings is 1. The van der Waals surface area contributed by atoms with Gasteiger partial charge in [0.2, 0.25) is 0 Å². The van der Waals surface area contributed by atoms with Crippen LogP contribution >= 0.6 is 0 Å². The van der Waals surface area contributed by atoms with Crippen molar-refractivity contribution in [2.45, 2.75) is 46.1 Å². The highest BCUT2D eigenvalue weighted by molar-refractivity contribution is 5.94. The Balaban J connectivity index is 2.43. The summed E-state index contributed by atoms with van der Waals surface area (Å²) in [6.07, 6.45) is 3.32. The average Bonchev–Trinajstić information content (AvgIpc) is 2.38. The molecule has 0 bridgehead atoms. The van der Waals surface area contributed by atoms with Crippen molar-refractivity contribution in [1.82, 2.24) is 5.32 Å². The number of carbonyl (C=O) groups excluding carboxylic acids is 1. The van der Waals surface area contributed by atoms with Gasteiger partial charge in [-0.2, -0.15) is 5.26 Å². The maximum atomic E-state index is 12.0. The fourth-order valence-corrected chi connectivity index (χ4v) is 1.91. The fraction of sp³-hybridized carbons (Fsp3) is 0.500. The van der Waals surface area contributed by atoms with Crippen LogP contribution in [-0.4, -0.2) is 11.9 Å². The van der Waals surface area contributed by atoms with Gasteiger partial charge < -0.3 is 5.32 Å². The van der Waals surface area contributed by atoms with Crippen molar-refractivity contribution in [1.29, 1.82) is 5.26 Å². The molecular weight excluding hydrogens is 236 g/mol. The molecule has 1 atom stereocenters. The van der Waals surface area contributed by atoms with E-state index in [0.717, 1.165) is 12.8 Å². The lowest BCUT2D eigenvalue weighted by Crippen LogP contribution is -2.32. The lowest BCUT2D eigenvalue weighted by atomic mass is 10.0. The molecule has 0 aliphatic rings. The number of hydrogen-bond donors (Lipinski definition) is 1. The third-order valence-corrected chi connectivity index (χ3v) is 3.07. The van der Waals surface area contributed by atoms with Crippen molar-refractivity contribution < 1.29 is 4.79 Å². The zero-order chi connectivity index (χ0) is 14.3. The Morgan fingerprint density at radius 2 is 1.84 bits per heavy atom. The highest BCUT2D eigenvalue weighted by Crippen LogP contribution is 2.09. The molecule has 0 radical (unpaired) electrons. The summed E-state index contributed by atoms with van der Waals surface area (Å²) in [4.78, 5) is 12.0. The molecule has 0 fully saturated rings. The van der Waals surface area contributed by atoms with Crippen LogP contribution in [0.2, 0.25) is 0 Å². The van der Waals surface area contributed by atoms with Crippen LogP contribution in [0.3, 0.4) is 0 Å². The van der Waals surface area contributed by atoms with Crippen LogP contribution in [-0.2, 0) is 0 Å². The predicted octanol–water partition coefficient (Wildman–Crippen LogP) is 3.50. The molecule has 0 aliphatic carbocycles. The topological polar surface area (TPSA) is 52.9 Å². The summed E-state index contributed by atoms with van der Waals surface area (Å²) >= 11 is 0. The summed E-state index contributed by atoms with van der Waals surface area (Å²) < 4.78 is 0. The quantitative estimate of drug-likeness (QED) is 0.849. The van der Waals surface area contributed by atoms with Crippen LogP contribution < -0.4 is 5.32 Å². The lowest BCUT2D eigenvalue weighted by molar-refractivity contribution is 0.0938. The maximum Gasteiger partial charge on any atom is 0.251 e. The number of nitrogens with one attached hydrogen (secondary N) is 1. The summed E-state index contributed by atoms with van der Waals surface area (Å²) in [5, 5.41) is 11.7. The first-order valence-electron chi connectivity index (χ1n) is 6.84. The van der Waals surface area contributed by atoms with Gasteiger partial charge in [0.15, 0.2) is 0 Å². The number of hydrogen-bond acceptors (Lipinski definition) is 2. The van der Waals surface area contributed by atoms with Crippen LogP contribution in [0.5, 0.6) is 0 Å². The summed E-state index contributed by atoms with van der Waals surface area (Å²) in [5.74, 6) is 0.642. The smallest absolute Gasteiger partial charge is 0.251 e. The Morgan fingerprint density at radius 1 is 1.21 bits per heavy atom. The molecule has 1 aromatic rings. The van der Waals surface area contributed by atoms with E-state index in [9.17, 15) is 4.79 Å². The molecule has 0 aromatic heterocycles. The van der Waals surface area contributed by atoms with Crippen LogP contribution in [0.4, 0.5) is 0 Å². The third kappa shape index (κ3) is 5.56. The molecule has 0 heterocycles. The molecular formula is C16H22N2O. The van der Waals surface area contributed by atoms with Gasteiger partial charge in [0.05, 0.1) is 11.6 Å². The van der Waals surface area contributed by atoms with Crippen molar-refractivity contribution >= 4 is 5.91 Å².